The Morgan fingerprint density at radius 3 is 2.42 bits per heavy atom. The molecule has 140 valence electrons. The van der Waals surface area contributed by atoms with Gasteiger partial charge in [-0.15, -0.1) is 0 Å². The highest BCUT2D eigenvalue weighted by molar-refractivity contribution is 7.68. The molecule has 2 unspecified atom stereocenters. The van der Waals surface area contributed by atoms with Gasteiger partial charge in [-0.25, -0.2) is 0 Å². The van der Waals surface area contributed by atoms with Crippen LogP contribution in [0.15, 0.2) is 48.5 Å². The van der Waals surface area contributed by atoms with Gasteiger partial charge in [0, 0.05) is 12.1 Å². The molecule has 3 rings (SSSR count). The van der Waals surface area contributed by atoms with Crippen LogP contribution in [0.5, 0.6) is 5.75 Å². The molecule has 1 N–H and O–H groups in total. The maximum absolute atomic E-state index is 14.3. The van der Waals surface area contributed by atoms with Crippen LogP contribution in [0.2, 0.25) is 0 Å². The minimum absolute atomic E-state index is 0.00254. The van der Waals surface area contributed by atoms with E-state index in [-0.39, 0.29) is 19.1 Å². The molecule has 0 spiro atoms. The Morgan fingerprint density at radius 2 is 1.77 bits per heavy atom. The van der Waals surface area contributed by atoms with Gasteiger partial charge in [-0.05, 0) is 30.5 Å². The first-order valence-corrected chi connectivity index (χ1v) is 10.7. The fraction of sp³-hybridized carbons (Fsp3) is 0.400. The number of benzene rings is 2. The van der Waals surface area contributed by atoms with E-state index < -0.39 is 13.2 Å². The summed E-state index contributed by atoms with van der Waals surface area (Å²) in [5, 5.41) is 11.8. The van der Waals surface area contributed by atoms with E-state index in [1.165, 1.54) is 0 Å². The number of hydroxylamine groups is 2. The lowest BCUT2D eigenvalue weighted by atomic mass is 10.0. The number of fused-ring (bicyclic) bond motifs is 3. The second-order valence-electron chi connectivity index (χ2n) is 6.64. The van der Waals surface area contributed by atoms with Gasteiger partial charge >= 0.3 is 0 Å². The van der Waals surface area contributed by atoms with E-state index in [1.54, 1.807) is 5.06 Å². The molecule has 5 nitrogen and oxygen atoms in total. The van der Waals surface area contributed by atoms with E-state index in [9.17, 15) is 9.67 Å². The summed E-state index contributed by atoms with van der Waals surface area (Å²) < 4.78 is 20.5. The van der Waals surface area contributed by atoms with Crippen molar-refractivity contribution < 1.29 is 19.0 Å². The molecule has 0 saturated heterocycles. The molecule has 2 atom stereocenters. The molecule has 1 heterocycles. The lowest BCUT2D eigenvalue weighted by Crippen LogP contribution is -2.44. The van der Waals surface area contributed by atoms with Crippen molar-refractivity contribution >= 4 is 12.7 Å². The molecule has 0 radical (unpaired) electrons. The van der Waals surface area contributed by atoms with Crippen LogP contribution in [-0.4, -0.2) is 35.7 Å². The topological polar surface area (TPSA) is 59.0 Å². The van der Waals surface area contributed by atoms with Crippen LogP contribution < -0.4 is 9.83 Å². The van der Waals surface area contributed by atoms with Crippen molar-refractivity contribution in [1.82, 2.24) is 5.06 Å². The summed E-state index contributed by atoms with van der Waals surface area (Å²) in [5.41, 5.74) is 1.88. The fourth-order valence-corrected chi connectivity index (χ4v) is 6.64. The van der Waals surface area contributed by atoms with Crippen molar-refractivity contribution in [3.8, 4) is 16.9 Å². The number of aliphatic hydroxyl groups excluding tert-OH is 1. The summed E-state index contributed by atoms with van der Waals surface area (Å²) in [4.78, 5) is 5.75. The average Bonchev–Trinajstić information content (AvgIpc) is 2.62. The van der Waals surface area contributed by atoms with Crippen molar-refractivity contribution in [2.24, 2.45) is 5.92 Å². The van der Waals surface area contributed by atoms with Gasteiger partial charge in [-0.3, -0.25) is 9.40 Å². The first kappa shape index (κ1) is 19.1. The molecule has 0 aliphatic carbocycles. The maximum atomic E-state index is 14.3. The largest absolute Gasteiger partial charge is 0.438 e. The number of hydrogen-bond donors (Lipinski definition) is 1. The third kappa shape index (κ3) is 3.33. The molecule has 0 saturated carbocycles. The minimum atomic E-state index is -3.33. The highest BCUT2D eigenvalue weighted by Gasteiger charge is 2.47. The monoisotopic (exact) mass is 375 g/mol. The van der Waals surface area contributed by atoms with Crippen molar-refractivity contribution in [2.45, 2.75) is 26.6 Å². The van der Waals surface area contributed by atoms with Crippen molar-refractivity contribution in [3.63, 3.8) is 0 Å². The smallest absolute Gasteiger partial charge is 0.297 e. The first-order chi connectivity index (χ1) is 12.5. The van der Waals surface area contributed by atoms with Crippen LogP contribution in [0, 0.1) is 5.92 Å². The standard InChI is InChI=1S/C20H26NO4P/c1-4-24-21(13-14-22)20(15(2)3)26(23)19-12-8-6-10-17(19)16-9-5-7-11-18(16)25-26/h5-12,15,20,22H,4,13-14H2,1-3H3. The zero-order valence-electron chi connectivity index (χ0n) is 15.5. The Morgan fingerprint density at radius 1 is 1.12 bits per heavy atom. The summed E-state index contributed by atoms with van der Waals surface area (Å²) in [7, 11) is -3.33. The lowest BCUT2D eigenvalue weighted by molar-refractivity contribution is -0.177. The Labute approximate surface area is 155 Å². The molecule has 1 aliphatic rings. The zero-order chi connectivity index (χ0) is 18.7. The minimum Gasteiger partial charge on any atom is -0.438 e. The quantitative estimate of drug-likeness (QED) is 0.588. The van der Waals surface area contributed by atoms with Gasteiger partial charge in [-0.1, -0.05) is 50.2 Å². The highest BCUT2D eigenvalue weighted by Crippen LogP contribution is 2.60. The fourth-order valence-electron chi connectivity index (χ4n) is 3.57. The van der Waals surface area contributed by atoms with Gasteiger partial charge in [0.1, 0.15) is 11.5 Å². The third-order valence-corrected chi connectivity index (χ3v) is 7.59. The van der Waals surface area contributed by atoms with Gasteiger partial charge in [0.25, 0.3) is 7.37 Å². The molecular weight excluding hydrogens is 349 g/mol. The molecule has 6 heteroatoms. The van der Waals surface area contributed by atoms with E-state index in [0.717, 1.165) is 11.1 Å². The Kier molecular flexibility index (Phi) is 5.83. The van der Waals surface area contributed by atoms with Gasteiger partial charge in [-0.2, -0.15) is 5.06 Å². The Balaban J connectivity index is 2.17. The normalized spacial score (nSPS) is 19.8. The van der Waals surface area contributed by atoms with Gasteiger partial charge in [0.05, 0.1) is 18.5 Å². The van der Waals surface area contributed by atoms with Crippen LogP contribution >= 0.6 is 7.37 Å². The highest BCUT2D eigenvalue weighted by atomic mass is 31.2. The van der Waals surface area contributed by atoms with E-state index in [2.05, 4.69) is 0 Å². The number of rotatable bonds is 7. The van der Waals surface area contributed by atoms with Gasteiger partial charge in [0.15, 0.2) is 0 Å². The molecule has 2 aromatic carbocycles. The summed E-state index contributed by atoms with van der Waals surface area (Å²) in [6.45, 7) is 6.50. The van der Waals surface area contributed by atoms with Crippen LogP contribution in [0.1, 0.15) is 20.8 Å². The molecule has 1 aliphatic heterocycles. The van der Waals surface area contributed by atoms with Crippen molar-refractivity contribution in [1.29, 1.82) is 0 Å². The molecule has 0 fully saturated rings. The Bertz CT molecular complexity index is 802. The van der Waals surface area contributed by atoms with Crippen LogP contribution in [0.25, 0.3) is 11.1 Å². The molecule has 0 amide bonds. The maximum Gasteiger partial charge on any atom is 0.297 e. The zero-order valence-corrected chi connectivity index (χ0v) is 16.4. The second-order valence-corrected chi connectivity index (χ2v) is 9.03. The van der Waals surface area contributed by atoms with E-state index in [4.69, 9.17) is 9.36 Å². The van der Waals surface area contributed by atoms with Crippen LogP contribution in [-0.2, 0) is 9.40 Å². The summed E-state index contributed by atoms with van der Waals surface area (Å²) in [6, 6.07) is 15.4. The lowest BCUT2D eigenvalue weighted by Gasteiger charge is -2.40. The predicted molar refractivity (Wildman–Crippen MR) is 104 cm³/mol. The van der Waals surface area contributed by atoms with Gasteiger partial charge in [0.2, 0.25) is 0 Å². The van der Waals surface area contributed by atoms with E-state index in [1.807, 2.05) is 69.3 Å². The first-order valence-electron chi connectivity index (χ1n) is 9.01. The Hall–Kier alpha value is -1.65. The van der Waals surface area contributed by atoms with Crippen molar-refractivity contribution in [3.05, 3.63) is 48.5 Å². The number of aliphatic hydroxyl groups is 1. The second kappa shape index (κ2) is 7.93. The number of para-hydroxylation sites is 1. The SMILES string of the molecule is CCON(CCO)C(C(C)C)P1(=O)Oc2ccccc2-c2ccccc21. The summed E-state index contributed by atoms with van der Waals surface area (Å²) in [6.07, 6.45) is 0. The number of hydrogen-bond acceptors (Lipinski definition) is 5. The number of nitrogens with zero attached hydrogens (tertiary/aromatic N) is 1. The molecule has 26 heavy (non-hydrogen) atoms. The van der Waals surface area contributed by atoms with Crippen molar-refractivity contribution in [2.75, 3.05) is 19.8 Å². The van der Waals surface area contributed by atoms with Crippen LogP contribution in [0.4, 0.5) is 0 Å². The third-order valence-electron chi connectivity index (χ3n) is 4.51. The average molecular weight is 375 g/mol. The molecule has 0 aromatic heterocycles. The molecular formula is C20H26NO4P. The molecule has 2 aromatic rings. The predicted octanol–water partition coefficient (Wildman–Crippen LogP) is 3.88. The summed E-state index contributed by atoms with van der Waals surface area (Å²) in [5.74, 6) is 0.127. The van der Waals surface area contributed by atoms with Gasteiger partial charge < -0.3 is 9.63 Å². The van der Waals surface area contributed by atoms with Crippen LogP contribution in [0.3, 0.4) is 0 Å². The van der Waals surface area contributed by atoms with E-state index >= 15 is 0 Å². The summed E-state index contributed by atoms with van der Waals surface area (Å²) >= 11 is 0. The van der Waals surface area contributed by atoms with E-state index in [0.29, 0.717) is 17.7 Å². The molecule has 0 bridgehead atoms.